The summed E-state index contributed by atoms with van der Waals surface area (Å²) in [5.74, 6) is 0.200. The summed E-state index contributed by atoms with van der Waals surface area (Å²) in [7, 11) is -3.47. The molecule has 0 unspecified atom stereocenters. The first-order chi connectivity index (χ1) is 13.0. The molecule has 144 valence electrons. The molecule has 2 aliphatic rings. The maximum absolute atomic E-state index is 12.8. The van der Waals surface area contributed by atoms with Crippen LogP contribution >= 0.6 is 0 Å². The second-order valence-corrected chi connectivity index (χ2v) is 9.26. The molecule has 27 heavy (non-hydrogen) atoms. The molecule has 0 N–H and O–H groups in total. The Kier molecular flexibility index (Phi) is 5.03. The van der Waals surface area contributed by atoms with Gasteiger partial charge >= 0.3 is 0 Å². The highest BCUT2D eigenvalue weighted by molar-refractivity contribution is 7.89. The van der Waals surface area contributed by atoms with Gasteiger partial charge < -0.3 is 9.47 Å². The Bertz CT molecular complexity index is 878. The van der Waals surface area contributed by atoms with Crippen LogP contribution in [0.2, 0.25) is 0 Å². The van der Waals surface area contributed by atoms with E-state index in [2.05, 4.69) is 4.98 Å². The molecule has 4 rings (SSSR count). The van der Waals surface area contributed by atoms with Crippen LogP contribution in [0.4, 0.5) is 0 Å². The third-order valence-electron chi connectivity index (χ3n) is 5.44. The molecule has 2 saturated heterocycles. The summed E-state index contributed by atoms with van der Waals surface area (Å²) in [4.78, 5) is 4.59. The lowest BCUT2D eigenvalue weighted by Gasteiger charge is -2.49. The maximum Gasteiger partial charge on any atom is 0.243 e. The Morgan fingerprint density at radius 2 is 2.00 bits per heavy atom. The second-order valence-electron chi connectivity index (χ2n) is 7.32. The van der Waals surface area contributed by atoms with E-state index < -0.39 is 15.6 Å². The number of hydrogen-bond donors (Lipinski definition) is 0. The minimum atomic E-state index is -3.47. The standard InChI is InChI=1S/C20H24N2O4S/c1-16-5-7-19(8-6-16)27(23,24)22-14-20(15-22)17(9-11-26-20)12-25-13-18-4-2-3-10-21-18/h2-8,10,17H,9,11-15H2,1H3/t17-/m0/s1. The van der Waals surface area contributed by atoms with Gasteiger partial charge in [0.2, 0.25) is 10.0 Å². The van der Waals surface area contributed by atoms with Gasteiger partial charge in [-0.25, -0.2) is 8.42 Å². The van der Waals surface area contributed by atoms with Crippen LogP contribution in [0.3, 0.4) is 0 Å². The van der Waals surface area contributed by atoms with Gasteiger partial charge in [-0.2, -0.15) is 4.31 Å². The van der Waals surface area contributed by atoms with Gasteiger partial charge in [0, 0.05) is 31.8 Å². The molecule has 2 fully saturated rings. The Balaban J connectivity index is 1.36. The minimum absolute atomic E-state index is 0.200. The summed E-state index contributed by atoms with van der Waals surface area (Å²) < 4.78 is 38.9. The molecule has 2 aromatic rings. The van der Waals surface area contributed by atoms with Gasteiger partial charge in [-0.05, 0) is 37.6 Å². The van der Waals surface area contributed by atoms with Crippen LogP contribution in [-0.4, -0.2) is 49.6 Å². The smallest absolute Gasteiger partial charge is 0.243 e. The Labute approximate surface area is 160 Å². The zero-order chi connectivity index (χ0) is 18.9. The lowest BCUT2D eigenvalue weighted by Crippen LogP contribution is -2.66. The number of aromatic nitrogens is 1. The molecule has 0 amide bonds. The van der Waals surface area contributed by atoms with Gasteiger partial charge in [-0.1, -0.05) is 23.8 Å². The number of ether oxygens (including phenoxy) is 2. The average Bonchev–Trinajstić information content (AvgIpc) is 3.06. The highest BCUT2D eigenvalue weighted by Crippen LogP contribution is 2.42. The summed E-state index contributed by atoms with van der Waals surface area (Å²) in [5.41, 5.74) is 1.52. The molecular weight excluding hydrogens is 364 g/mol. The molecule has 1 aromatic heterocycles. The number of hydrogen-bond acceptors (Lipinski definition) is 5. The van der Waals surface area contributed by atoms with Gasteiger partial charge in [0.05, 0.1) is 23.8 Å². The Morgan fingerprint density at radius 3 is 2.70 bits per heavy atom. The molecule has 1 spiro atoms. The van der Waals surface area contributed by atoms with Gasteiger partial charge in [0.1, 0.15) is 5.60 Å². The van der Waals surface area contributed by atoms with Crippen molar-refractivity contribution in [2.24, 2.45) is 5.92 Å². The molecule has 1 aromatic carbocycles. The van der Waals surface area contributed by atoms with Crippen molar-refractivity contribution in [2.45, 2.75) is 30.4 Å². The van der Waals surface area contributed by atoms with Crippen LogP contribution in [0.15, 0.2) is 53.6 Å². The van der Waals surface area contributed by atoms with E-state index in [4.69, 9.17) is 9.47 Å². The maximum atomic E-state index is 12.8. The number of benzene rings is 1. The fourth-order valence-corrected chi connectivity index (χ4v) is 5.29. The molecule has 0 radical (unpaired) electrons. The highest BCUT2D eigenvalue weighted by atomic mass is 32.2. The van der Waals surface area contributed by atoms with Crippen molar-refractivity contribution in [3.8, 4) is 0 Å². The Morgan fingerprint density at radius 1 is 1.22 bits per heavy atom. The predicted octanol–water partition coefficient (Wildman–Crippen LogP) is 2.39. The third-order valence-corrected chi connectivity index (χ3v) is 7.25. The van der Waals surface area contributed by atoms with Crippen LogP contribution in [-0.2, 0) is 26.1 Å². The summed E-state index contributed by atoms with van der Waals surface area (Å²) in [5, 5.41) is 0. The molecule has 2 aliphatic heterocycles. The van der Waals surface area contributed by atoms with Crippen LogP contribution in [0, 0.1) is 12.8 Å². The summed E-state index contributed by atoms with van der Waals surface area (Å²) in [6, 6.07) is 12.7. The number of aryl methyl sites for hydroxylation is 1. The highest BCUT2D eigenvalue weighted by Gasteiger charge is 2.56. The SMILES string of the molecule is Cc1ccc(S(=O)(=O)N2CC3(C2)OCC[C@H]3COCc2ccccn2)cc1. The number of sulfonamides is 1. The number of rotatable bonds is 6. The number of pyridine rings is 1. The van der Waals surface area contributed by atoms with Crippen molar-refractivity contribution < 1.29 is 17.9 Å². The summed E-state index contributed by atoms with van der Waals surface area (Å²) >= 11 is 0. The summed E-state index contributed by atoms with van der Waals surface area (Å²) in [6.45, 7) is 4.38. The quantitative estimate of drug-likeness (QED) is 0.760. The summed E-state index contributed by atoms with van der Waals surface area (Å²) in [6.07, 6.45) is 2.64. The van der Waals surface area contributed by atoms with E-state index in [9.17, 15) is 8.42 Å². The molecule has 1 atom stereocenters. The van der Waals surface area contributed by atoms with E-state index in [1.54, 1.807) is 18.3 Å². The first kappa shape index (κ1) is 18.6. The normalized spacial score (nSPS) is 22.0. The van der Waals surface area contributed by atoms with Crippen molar-refractivity contribution in [2.75, 3.05) is 26.3 Å². The molecule has 0 aliphatic carbocycles. The zero-order valence-corrected chi connectivity index (χ0v) is 16.2. The minimum Gasteiger partial charge on any atom is -0.375 e. The van der Waals surface area contributed by atoms with E-state index in [0.717, 1.165) is 17.7 Å². The predicted molar refractivity (Wildman–Crippen MR) is 101 cm³/mol. The molecule has 0 bridgehead atoms. The van der Waals surface area contributed by atoms with Crippen LogP contribution in [0.25, 0.3) is 0 Å². The largest absolute Gasteiger partial charge is 0.375 e. The van der Waals surface area contributed by atoms with E-state index >= 15 is 0 Å². The van der Waals surface area contributed by atoms with Crippen molar-refractivity contribution in [1.82, 2.24) is 9.29 Å². The lowest BCUT2D eigenvalue weighted by molar-refractivity contribution is -0.115. The van der Waals surface area contributed by atoms with Crippen molar-refractivity contribution in [1.29, 1.82) is 0 Å². The first-order valence-electron chi connectivity index (χ1n) is 9.18. The van der Waals surface area contributed by atoms with Gasteiger partial charge in [-0.15, -0.1) is 0 Å². The topological polar surface area (TPSA) is 68.7 Å². The van der Waals surface area contributed by atoms with E-state index in [-0.39, 0.29) is 5.92 Å². The third kappa shape index (κ3) is 3.65. The van der Waals surface area contributed by atoms with Crippen molar-refractivity contribution in [3.63, 3.8) is 0 Å². The van der Waals surface area contributed by atoms with Gasteiger partial charge in [0.25, 0.3) is 0 Å². The van der Waals surface area contributed by atoms with Gasteiger partial charge in [-0.3, -0.25) is 4.98 Å². The zero-order valence-electron chi connectivity index (χ0n) is 15.4. The molecular formula is C20H24N2O4S. The number of nitrogens with zero attached hydrogens (tertiary/aromatic N) is 2. The van der Waals surface area contributed by atoms with E-state index in [1.807, 2.05) is 37.3 Å². The van der Waals surface area contributed by atoms with E-state index in [1.165, 1.54) is 4.31 Å². The van der Waals surface area contributed by atoms with Crippen molar-refractivity contribution >= 4 is 10.0 Å². The molecule has 0 saturated carbocycles. The van der Waals surface area contributed by atoms with Crippen LogP contribution in [0.5, 0.6) is 0 Å². The molecule has 3 heterocycles. The average molecular weight is 388 g/mol. The fourth-order valence-electron chi connectivity index (χ4n) is 3.74. The molecule has 6 nitrogen and oxygen atoms in total. The monoisotopic (exact) mass is 388 g/mol. The second kappa shape index (κ2) is 7.31. The van der Waals surface area contributed by atoms with E-state index in [0.29, 0.717) is 37.8 Å². The van der Waals surface area contributed by atoms with Crippen molar-refractivity contribution in [3.05, 3.63) is 59.9 Å². The fraction of sp³-hybridized carbons (Fsp3) is 0.450. The Hall–Kier alpha value is -1.80. The van der Waals surface area contributed by atoms with Crippen LogP contribution < -0.4 is 0 Å². The lowest BCUT2D eigenvalue weighted by atomic mass is 9.83. The van der Waals surface area contributed by atoms with Crippen LogP contribution in [0.1, 0.15) is 17.7 Å². The first-order valence-corrected chi connectivity index (χ1v) is 10.6. The van der Waals surface area contributed by atoms with Gasteiger partial charge in [0.15, 0.2) is 0 Å². The molecule has 7 heteroatoms.